The van der Waals surface area contributed by atoms with Gasteiger partial charge in [0.25, 0.3) is 0 Å². The minimum Gasteiger partial charge on any atom is -0.481 e. The molecule has 1 N–H and O–H groups in total. The van der Waals surface area contributed by atoms with Crippen molar-refractivity contribution >= 4 is 22.8 Å². The maximum absolute atomic E-state index is 5.15. The summed E-state index contributed by atoms with van der Waals surface area (Å²) in [6.45, 7) is 2.81. The van der Waals surface area contributed by atoms with E-state index in [-0.39, 0.29) is 0 Å². The van der Waals surface area contributed by atoms with E-state index in [1.165, 1.54) is 0 Å². The Labute approximate surface area is 142 Å². The van der Waals surface area contributed by atoms with Gasteiger partial charge in [-0.1, -0.05) is 5.21 Å². The van der Waals surface area contributed by atoms with E-state index in [0.717, 1.165) is 17.9 Å². The van der Waals surface area contributed by atoms with Crippen LogP contribution in [0.2, 0.25) is 0 Å². The van der Waals surface area contributed by atoms with E-state index in [4.69, 9.17) is 4.74 Å². The Morgan fingerprint density at radius 2 is 2.16 bits per heavy atom. The summed E-state index contributed by atoms with van der Waals surface area (Å²) < 4.78 is 8.58. The average Bonchev–Trinajstić information content (AvgIpc) is 3.28. The van der Waals surface area contributed by atoms with Crippen molar-refractivity contribution < 1.29 is 4.74 Å². The summed E-state index contributed by atoms with van der Waals surface area (Å²) in [6.07, 6.45) is 6.87. The topological polar surface area (TPSA) is 108 Å². The van der Waals surface area contributed by atoms with Gasteiger partial charge in [0.1, 0.15) is 0 Å². The summed E-state index contributed by atoms with van der Waals surface area (Å²) in [4.78, 5) is 12.9. The van der Waals surface area contributed by atoms with E-state index < -0.39 is 0 Å². The van der Waals surface area contributed by atoms with Crippen molar-refractivity contribution in [2.24, 2.45) is 0 Å². The molecule has 126 valence electrons. The first-order valence-electron chi connectivity index (χ1n) is 7.65. The summed E-state index contributed by atoms with van der Waals surface area (Å²) in [5, 5.41) is 15.6. The number of methoxy groups -OCH3 is 1. The summed E-state index contributed by atoms with van der Waals surface area (Å²) in [7, 11) is 1.56. The molecule has 4 aromatic heterocycles. The van der Waals surface area contributed by atoms with Gasteiger partial charge in [0, 0.05) is 25.0 Å². The highest BCUT2D eigenvalue weighted by molar-refractivity contribution is 5.72. The lowest BCUT2D eigenvalue weighted by Crippen LogP contribution is -2.02. The van der Waals surface area contributed by atoms with E-state index in [1.807, 2.05) is 17.8 Å². The molecule has 0 aliphatic heterocycles. The first-order chi connectivity index (χ1) is 12.3. The van der Waals surface area contributed by atoms with Crippen LogP contribution in [0.4, 0.5) is 11.6 Å². The van der Waals surface area contributed by atoms with Crippen molar-refractivity contribution in [3.63, 3.8) is 0 Å². The van der Waals surface area contributed by atoms with Crippen LogP contribution in [-0.2, 0) is 6.54 Å². The van der Waals surface area contributed by atoms with Crippen LogP contribution < -0.4 is 10.1 Å². The Balaban J connectivity index is 1.71. The Hall–Kier alpha value is -3.56. The van der Waals surface area contributed by atoms with Crippen LogP contribution in [0.3, 0.4) is 0 Å². The van der Waals surface area contributed by atoms with Gasteiger partial charge in [-0.2, -0.15) is 14.8 Å². The number of ether oxygens (including phenoxy) is 1. The largest absolute Gasteiger partial charge is 0.481 e. The number of nitrogens with zero attached hydrogens (tertiary/aromatic N) is 8. The number of hydrogen-bond acceptors (Lipinski definition) is 8. The lowest BCUT2D eigenvalue weighted by atomic mass is 10.4. The molecule has 0 bridgehead atoms. The maximum Gasteiger partial charge on any atom is 0.229 e. The first-order valence-corrected chi connectivity index (χ1v) is 7.65. The molecule has 0 unspecified atom stereocenters. The van der Waals surface area contributed by atoms with Crippen LogP contribution in [-0.4, -0.2) is 46.8 Å². The molecule has 10 heteroatoms. The second kappa shape index (κ2) is 6.15. The molecule has 0 spiro atoms. The Kier molecular flexibility index (Phi) is 3.69. The normalized spacial score (nSPS) is 11.0. The molecule has 0 radical (unpaired) electrons. The molecule has 0 aliphatic carbocycles. The van der Waals surface area contributed by atoms with Gasteiger partial charge in [-0.15, -0.1) is 5.10 Å². The highest BCUT2D eigenvalue weighted by Gasteiger charge is 2.11. The lowest BCUT2D eigenvalue weighted by molar-refractivity contribution is 0.397. The molecule has 0 fully saturated rings. The number of rotatable bonds is 5. The number of anilines is 2. The van der Waals surface area contributed by atoms with Gasteiger partial charge >= 0.3 is 0 Å². The molecule has 0 atom stereocenters. The number of hydrogen-bond donors (Lipinski definition) is 1. The van der Waals surface area contributed by atoms with Crippen LogP contribution in [0.25, 0.3) is 16.9 Å². The number of fused-ring (bicyclic) bond motifs is 1. The number of aryl methyl sites for hydroxylation is 1. The zero-order valence-corrected chi connectivity index (χ0v) is 13.7. The monoisotopic (exact) mass is 337 g/mol. The molecule has 4 heterocycles. The summed E-state index contributed by atoms with van der Waals surface area (Å²) >= 11 is 0. The van der Waals surface area contributed by atoms with Crippen LogP contribution in [0.15, 0.2) is 36.9 Å². The van der Waals surface area contributed by atoms with Gasteiger partial charge < -0.3 is 10.1 Å². The quantitative estimate of drug-likeness (QED) is 0.584. The van der Waals surface area contributed by atoms with E-state index in [1.54, 1.807) is 42.5 Å². The average molecular weight is 337 g/mol. The van der Waals surface area contributed by atoms with Crippen LogP contribution in [0.1, 0.15) is 6.92 Å². The molecule has 0 saturated heterocycles. The molecule has 0 amide bonds. The standard InChI is InChI=1S/C15H15N9O/c1-3-23-9-10(7-18-23)19-15-17-8-12-14(20-15)24(22-21-12)11-4-5-16-13(6-11)25-2/h4-9H,3H2,1-2H3,(H,17,19,20). The molecular weight excluding hydrogens is 322 g/mol. The Morgan fingerprint density at radius 3 is 2.96 bits per heavy atom. The van der Waals surface area contributed by atoms with Gasteiger partial charge in [-0.25, -0.2) is 9.97 Å². The zero-order valence-electron chi connectivity index (χ0n) is 13.7. The van der Waals surface area contributed by atoms with Gasteiger partial charge in [0.15, 0.2) is 11.2 Å². The minimum atomic E-state index is 0.438. The predicted octanol–water partition coefficient (Wildman–Crippen LogP) is 1.57. The van der Waals surface area contributed by atoms with Crippen molar-refractivity contribution in [3.8, 4) is 11.6 Å². The van der Waals surface area contributed by atoms with Crippen LogP contribution >= 0.6 is 0 Å². The SMILES string of the molecule is CCn1cc(Nc2ncc3nnn(-c4ccnc(OC)c4)c3n2)cn1. The fourth-order valence-electron chi connectivity index (χ4n) is 2.33. The number of pyridine rings is 1. The Morgan fingerprint density at radius 1 is 1.24 bits per heavy atom. The lowest BCUT2D eigenvalue weighted by Gasteiger charge is -2.05. The third-order valence-corrected chi connectivity index (χ3v) is 3.58. The van der Waals surface area contributed by atoms with Crippen LogP contribution in [0, 0.1) is 0 Å². The van der Waals surface area contributed by atoms with E-state index >= 15 is 0 Å². The molecule has 10 nitrogen and oxygen atoms in total. The summed E-state index contributed by atoms with van der Waals surface area (Å²) in [5.41, 5.74) is 2.72. The fraction of sp³-hybridized carbons (Fsp3) is 0.200. The van der Waals surface area contributed by atoms with E-state index in [9.17, 15) is 0 Å². The van der Waals surface area contributed by atoms with E-state index in [2.05, 4.69) is 35.7 Å². The molecule has 0 aromatic carbocycles. The van der Waals surface area contributed by atoms with E-state index in [0.29, 0.717) is 23.0 Å². The van der Waals surface area contributed by atoms with Gasteiger partial charge in [-0.3, -0.25) is 4.68 Å². The summed E-state index contributed by atoms with van der Waals surface area (Å²) in [5.74, 6) is 0.924. The molecular formula is C15H15N9O. The molecule has 4 rings (SSSR count). The first kappa shape index (κ1) is 15.0. The fourth-order valence-corrected chi connectivity index (χ4v) is 2.33. The van der Waals surface area contributed by atoms with Gasteiger partial charge in [-0.05, 0) is 13.0 Å². The second-order valence-electron chi connectivity index (χ2n) is 5.17. The smallest absolute Gasteiger partial charge is 0.229 e. The molecule has 25 heavy (non-hydrogen) atoms. The number of aromatic nitrogens is 8. The number of nitrogens with one attached hydrogen (secondary N) is 1. The maximum atomic E-state index is 5.15. The van der Waals surface area contributed by atoms with Crippen molar-refractivity contribution in [3.05, 3.63) is 36.9 Å². The van der Waals surface area contributed by atoms with Crippen molar-refractivity contribution in [1.82, 2.24) is 39.7 Å². The third kappa shape index (κ3) is 2.84. The van der Waals surface area contributed by atoms with Gasteiger partial charge in [0.2, 0.25) is 11.8 Å². The van der Waals surface area contributed by atoms with Crippen molar-refractivity contribution in [2.75, 3.05) is 12.4 Å². The highest BCUT2D eigenvalue weighted by Crippen LogP contribution is 2.19. The molecule has 4 aromatic rings. The zero-order chi connectivity index (χ0) is 17.2. The Bertz CT molecular complexity index is 1020. The van der Waals surface area contributed by atoms with Crippen LogP contribution in [0.5, 0.6) is 5.88 Å². The third-order valence-electron chi connectivity index (χ3n) is 3.58. The minimum absolute atomic E-state index is 0.438. The predicted molar refractivity (Wildman–Crippen MR) is 90.0 cm³/mol. The second-order valence-corrected chi connectivity index (χ2v) is 5.17. The molecule has 0 saturated carbocycles. The van der Waals surface area contributed by atoms with Gasteiger partial charge in [0.05, 0.1) is 30.9 Å². The molecule has 0 aliphatic rings. The summed E-state index contributed by atoms with van der Waals surface area (Å²) in [6, 6.07) is 3.56. The van der Waals surface area contributed by atoms with Crippen molar-refractivity contribution in [2.45, 2.75) is 13.5 Å². The van der Waals surface area contributed by atoms with Crippen molar-refractivity contribution in [1.29, 1.82) is 0 Å². The highest BCUT2D eigenvalue weighted by atomic mass is 16.5.